The number of hydrogen-bond donors (Lipinski definition) is 0. The number of hydrogen-bond acceptors (Lipinski definition) is 0. The van der Waals surface area contributed by atoms with Gasteiger partial charge in [0.1, 0.15) is 4.87 Å². The van der Waals surface area contributed by atoms with Crippen molar-refractivity contribution in [2.75, 3.05) is 0 Å². The third kappa shape index (κ3) is 3.23. The Hall–Kier alpha value is -2.05. The van der Waals surface area contributed by atoms with Gasteiger partial charge in [0, 0.05) is 0 Å². The summed E-state index contributed by atoms with van der Waals surface area (Å²) in [6, 6.07) is 30.6. The van der Waals surface area contributed by atoms with Gasteiger partial charge in [-0.15, -0.1) is 11.6 Å². The summed E-state index contributed by atoms with van der Waals surface area (Å²) in [4.78, 5) is -0.649. The Morgan fingerprint density at radius 2 is 0.727 bits per heavy atom. The van der Waals surface area contributed by atoms with E-state index in [0.29, 0.717) is 0 Å². The van der Waals surface area contributed by atoms with Gasteiger partial charge in [0.25, 0.3) is 0 Å². The molecule has 3 aromatic carbocycles. The van der Waals surface area contributed by atoms with Crippen molar-refractivity contribution >= 4 is 11.6 Å². The Labute approximate surface area is 138 Å². The summed E-state index contributed by atoms with van der Waals surface area (Å²) in [7, 11) is 0. The lowest BCUT2D eigenvalue weighted by Crippen LogP contribution is -2.22. The highest BCUT2D eigenvalue weighted by Gasteiger charge is 2.33. The highest BCUT2D eigenvalue weighted by molar-refractivity contribution is 6.28. The van der Waals surface area contributed by atoms with Crippen molar-refractivity contribution < 1.29 is 0 Å². The molecule has 3 rings (SSSR count). The fourth-order valence-electron chi connectivity index (χ4n) is 2.50. The van der Waals surface area contributed by atoms with Crippen LogP contribution in [0, 0.1) is 0 Å². The molecule has 0 saturated carbocycles. The van der Waals surface area contributed by atoms with Crippen LogP contribution in [-0.4, -0.2) is 0 Å². The molecule has 0 bridgehead atoms. The molecule has 0 aliphatic heterocycles. The van der Waals surface area contributed by atoms with Gasteiger partial charge in [0.05, 0.1) is 0 Å². The van der Waals surface area contributed by atoms with E-state index in [2.05, 4.69) is 36.4 Å². The van der Waals surface area contributed by atoms with Crippen LogP contribution in [0.2, 0.25) is 0 Å². The molecule has 0 N–H and O–H groups in total. The molecule has 0 spiro atoms. The van der Waals surface area contributed by atoms with Crippen LogP contribution in [0.4, 0.5) is 0 Å². The lowest BCUT2D eigenvalue weighted by molar-refractivity contribution is 0.879. The van der Waals surface area contributed by atoms with E-state index in [9.17, 15) is 0 Å². The number of alkyl halides is 1. The average Bonchev–Trinajstić information content (AvgIpc) is 2.65. The molecule has 0 atom stereocenters. The maximum absolute atomic E-state index is 7.12. The van der Waals surface area contributed by atoms with Crippen LogP contribution in [0.25, 0.3) is 0 Å². The quantitative estimate of drug-likeness (QED) is 0.396. The van der Waals surface area contributed by atoms with Crippen molar-refractivity contribution in [3.63, 3.8) is 0 Å². The molecule has 0 heterocycles. The molecular formula is C21H21Cl. The van der Waals surface area contributed by atoms with E-state index in [0.717, 1.165) is 16.7 Å². The molecule has 1 heteroatoms. The summed E-state index contributed by atoms with van der Waals surface area (Å²) in [5.74, 6) is 0. The van der Waals surface area contributed by atoms with Crippen LogP contribution < -0.4 is 0 Å². The summed E-state index contributed by atoms with van der Waals surface area (Å²) in [5.41, 5.74) is 3.25. The molecule has 0 radical (unpaired) electrons. The Balaban J connectivity index is 0.000000847. The van der Waals surface area contributed by atoms with Gasteiger partial charge < -0.3 is 0 Å². The second-order valence-corrected chi connectivity index (χ2v) is 5.32. The normalized spacial score (nSPS) is 10.5. The van der Waals surface area contributed by atoms with Gasteiger partial charge in [0.15, 0.2) is 0 Å². The molecule has 0 aliphatic carbocycles. The topological polar surface area (TPSA) is 0 Å². The SMILES string of the molecule is CC.ClC(c1ccccc1)(c1ccccc1)c1ccccc1. The first-order valence-electron chi connectivity index (χ1n) is 7.67. The van der Waals surface area contributed by atoms with Gasteiger partial charge in [-0.05, 0) is 16.7 Å². The summed E-state index contributed by atoms with van der Waals surface area (Å²) >= 11 is 7.12. The zero-order chi connectivity index (χ0) is 15.8. The molecule has 22 heavy (non-hydrogen) atoms. The minimum absolute atomic E-state index is 0.649. The summed E-state index contributed by atoms with van der Waals surface area (Å²) in [5, 5.41) is 0. The average molecular weight is 309 g/mol. The third-order valence-corrected chi connectivity index (χ3v) is 4.17. The lowest BCUT2D eigenvalue weighted by atomic mass is 9.84. The maximum Gasteiger partial charge on any atom is 0.119 e. The number of benzene rings is 3. The first kappa shape index (κ1) is 16.3. The fourth-order valence-corrected chi connectivity index (χ4v) is 2.88. The second-order valence-electron chi connectivity index (χ2n) is 4.76. The van der Waals surface area contributed by atoms with Crippen molar-refractivity contribution in [2.24, 2.45) is 0 Å². The number of rotatable bonds is 3. The molecule has 0 aliphatic rings. The third-order valence-electron chi connectivity index (χ3n) is 3.51. The Bertz CT molecular complexity index is 563. The molecule has 3 aromatic rings. The number of halogens is 1. The van der Waals surface area contributed by atoms with Gasteiger partial charge >= 0.3 is 0 Å². The van der Waals surface area contributed by atoms with Crippen molar-refractivity contribution in [1.82, 2.24) is 0 Å². The second kappa shape index (κ2) is 7.82. The lowest BCUT2D eigenvalue weighted by Gasteiger charge is -2.29. The van der Waals surface area contributed by atoms with E-state index < -0.39 is 4.87 Å². The van der Waals surface area contributed by atoms with E-state index in [4.69, 9.17) is 11.6 Å². The Morgan fingerprint density at radius 3 is 0.955 bits per heavy atom. The van der Waals surface area contributed by atoms with Crippen LogP contribution >= 0.6 is 11.6 Å². The largest absolute Gasteiger partial charge is 0.119 e. The van der Waals surface area contributed by atoms with Crippen molar-refractivity contribution in [2.45, 2.75) is 18.7 Å². The monoisotopic (exact) mass is 308 g/mol. The molecular weight excluding hydrogens is 288 g/mol. The molecule has 0 unspecified atom stereocenters. The predicted octanol–water partition coefficient (Wildman–Crippen LogP) is 6.24. The van der Waals surface area contributed by atoms with Gasteiger partial charge in [0.2, 0.25) is 0 Å². The van der Waals surface area contributed by atoms with E-state index >= 15 is 0 Å². The van der Waals surface area contributed by atoms with Crippen LogP contribution in [0.3, 0.4) is 0 Å². The van der Waals surface area contributed by atoms with Gasteiger partial charge in [-0.3, -0.25) is 0 Å². The highest BCUT2D eigenvalue weighted by atomic mass is 35.5. The fraction of sp³-hybridized carbons (Fsp3) is 0.143. The molecule has 0 nitrogen and oxygen atoms in total. The highest BCUT2D eigenvalue weighted by Crippen LogP contribution is 2.42. The minimum Gasteiger partial charge on any atom is -0.104 e. The molecule has 112 valence electrons. The first-order valence-corrected chi connectivity index (χ1v) is 8.05. The standard InChI is InChI=1S/C19H15Cl.C2H6/c20-19(16-10-4-1-5-11-16,17-12-6-2-7-13-17)18-14-8-3-9-15-18;1-2/h1-15H;1-2H3. The smallest absolute Gasteiger partial charge is 0.104 e. The maximum atomic E-state index is 7.12. The van der Waals surface area contributed by atoms with Gasteiger partial charge in [-0.25, -0.2) is 0 Å². The zero-order valence-corrected chi connectivity index (χ0v) is 13.8. The van der Waals surface area contributed by atoms with E-state index in [-0.39, 0.29) is 0 Å². The molecule has 0 amide bonds. The Kier molecular flexibility index (Phi) is 5.80. The molecule has 0 saturated heterocycles. The van der Waals surface area contributed by atoms with Crippen LogP contribution in [0.1, 0.15) is 30.5 Å². The van der Waals surface area contributed by atoms with Crippen molar-refractivity contribution in [3.05, 3.63) is 108 Å². The molecule has 0 aromatic heterocycles. The predicted molar refractivity (Wildman–Crippen MR) is 96.4 cm³/mol. The summed E-state index contributed by atoms with van der Waals surface area (Å²) in [6.07, 6.45) is 0. The van der Waals surface area contributed by atoms with Gasteiger partial charge in [-0.1, -0.05) is 105 Å². The first-order chi connectivity index (χ1) is 10.8. The van der Waals surface area contributed by atoms with E-state index in [1.54, 1.807) is 0 Å². The Morgan fingerprint density at radius 1 is 0.500 bits per heavy atom. The summed E-state index contributed by atoms with van der Waals surface area (Å²) in [6.45, 7) is 4.00. The van der Waals surface area contributed by atoms with Gasteiger partial charge in [-0.2, -0.15) is 0 Å². The summed E-state index contributed by atoms with van der Waals surface area (Å²) < 4.78 is 0. The van der Waals surface area contributed by atoms with Crippen molar-refractivity contribution in [3.8, 4) is 0 Å². The van der Waals surface area contributed by atoms with E-state index in [1.165, 1.54) is 0 Å². The minimum atomic E-state index is -0.649. The zero-order valence-electron chi connectivity index (χ0n) is 13.0. The van der Waals surface area contributed by atoms with Crippen LogP contribution in [-0.2, 0) is 4.87 Å². The van der Waals surface area contributed by atoms with Crippen molar-refractivity contribution in [1.29, 1.82) is 0 Å². The van der Waals surface area contributed by atoms with Crippen LogP contribution in [0.15, 0.2) is 91.0 Å². The van der Waals surface area contributed by atoms with Crippen LogP contribution in [0.5, 0.6) is 0 Å². The van der Waals surface area contributed by atoms with E-state index in [1.807, 2.05) is 68.4 Å². The molecule has 0 fully saturated rings.